The standard InChI is InChI=1S/C26H35N2O4S/c1-19-15-21(27-32-19)16-22(29)17-28-12-8-20(9-13-28)23(18-28)31-25(30)26(24-7-6-14-33-24)10-4-2-3-5-11-26/h6-7,14-15,20,23H,2-5,8-13,16-18H2,1H3/q+1/t20?,23-,28?/m0/s1. The summed E-state index contributed by atoms with van der Waals surface area (Å²) in [7, 11) is 0. The SMILES string of the molecule is Cc1cc(CC(=O)C[N+]23CCC(CC2)[C@@H](OC(=O)C2(c4cccs4)CCCCCC2)C3)no1. The fourth-order valence-corrected chi connectivity index (χ4v) is 7.37. The van der Waals surface area contributed by atoms with E-state index < -0.39 is 5.41 Å². The van der Waals surface area contributed by atoms with Crippen LogP contribution in [-0.2, 0) is 26.2 Å². The summed E-state index contributed by atoms with van der Waals surface area (Å²) < 4.78 is 12.3. The topological polar surface area (TPSA) is 69.4 Å². The number of carbonyl (C=O) groups is 2. The number of fused-ring (bicyclic) bond motifs is 3. The van der Waals surface area contributed by atoms with E-state index in [0.29, 0.717) is 24.6 Å². The van der Waals surface area contributed by atoms with Crippen LogP contribution in [0.4, 0.5) is 0 Å². The Balaban J connectivity index is 1.28. The van der Waals surface area contributed by atoms with Gasteiger partial charge >= 0.3 is 5.97 Å². The van der Waals surface area contributed by atoms with Gasteiger partial charge in [-0.2, -0.15) is 0 Å². The summed E-state index contributed by atoms with van der Waals surface area (Å²) in [6.07, 6.45) is 8.61. The molecule has 0 amide bonds. The number of rotatable bonds is 7. The van der Waals surface area contributed by atoms with Gasteiger partial charge in [0.1, 0.15) is 24.3 Å². The molecule has 1 saturated carbocycles. The molecular formula is C26H35N2O4S+. The molecule has 7 heteroatoms. The van der Waals surface area contributed by atoms with Crippen molar-refractivity contribution in [2.24, 2.45) is 5.92 Å². The number of carbonyl (C=O) groups excluding carboxylic acids is 2. The molecule has 1 atom stereocenters. The lowest BCUT2D eigenvalue weighted by Crippen LogP contribution is -2.66. The van der Waals surface area contributed by atoms with Gasteiger partial charge in [0, 0.05) is 29.7 Å². The molecule has 4 fully saturated rings. The van der Waals surface area contributed by atoms with Crippen molar-refractivity contribution in [1.29, 1.82) is 0 Å². The fraction of sp³-hybridized carbons (Fsp3) is 0.654. The van der Waals surface area contributed by atoms with Gasteiger partial charge in [0.25, 0.3) is 0 Å². The van der Waals surface area contributed by atoms with Gasteiger partial charge in [-0.25, -0.2) is 0 Å². The second kappa shape index (κ2) is 9.34. The Morgan fingerprint density at radius 2 is 1.97 bits per heavy atom. The average molecular weight is 472 g/mol. The Hall–Kier alpha value is -1.99. The second-order valence-corrected chi connectivity index (χ2v) is 11.5. The van der Waals surface area contributed by atoms with E-state index in [9.17, 15) is 9.59 Å². The van der Waals surface area contributed by atoms with Crippen LogP contribution in [0.25, 0.3) is 0 Å². The summed E-state index contributed by atoms with van der Waals surface area (Å²) in [4.78, 5) is 27.8. The number of hydrogen-bond acceptors (Lipinski definition) is 6. The number of piperidine rings is 3. The van der Waals surface area contributed by atoms with Crippen LogP contribution in [0.2, 0.25) is 0 Å². The Morgan fingerprint density at radius 1 is 1.21 bits per heavy atom. The van der Waals surface area contributed by atoms with E-state index in [2.05, 4.69) is 22.7 Å². The van der Waals surface area contributed by atoms with Crippen molar-refractivity contribution in [2.45, 2.75) is 76.2 Å². The molecule has 2 aromatic rings. The molecule has 4 aliphatic rings. The fourth-order valence-electron chi connectivity index (χ4n) is 6.39. The first-order chi connectivity index (χ1) is 16.0. The summed E-state index contributed by atoms with van der Waals surface area (Å²) in [6, 6.07) is 6.00. The minimum absolute atomic E-state index is 0.0202. The van der Waals surface area contributed by atoms with Crippen molar-refractivity contribution in [2.75, 3.05) is 26.2 Å². The molecule has 2 bridgehead atoms. The molecule has 6 nitrogen and oxygen atoms in total. The number of nitrogens with zero attached hydrogens (tertiary/aromatic N) is 2. The number of thiophene rings is 1. The lowest BCUT2D eigenvalue weighted by atomic mass is 9.78. The van der Waals surface area contributed by atoms with E-state index in [1.807, 2.05) is 13.0 Å². The predicted octanol–water partition coefficient (Wildman–Crippen LogP) is 4.60. The number of hydrogen-bond donors (Lipinski definition) is 0. The first-order valence-electron chi connectivity index (χ1n) is 12.5. The Labute approximate surface area is 199 Å². The smallest absolute Gasteiger partial charge is 0.317 e. The number of aromatic nitrogens is 1. The van der Waals surface area contributed by atoms with Crippen LogP contribution < -0.4 is 0 Å². The van der Waals surface area contributed by atoms with Gasteiger partial charge in [0.15, 0.2) is 11.9 Å². The van der Waals surface area contributed by atoms with Crippen LogP contribution in [0.5, 0.6) is 0 Å². The monoisotopic (exact) mass is 471 g/mol. The molecule has 0 aromatic carbocycles. The van der Waals surface area contributed by atoms with Gasteiger partial charge in [0.2, 0.25) is 0 Å². The molecule has 5 heterocycles. The minimum Gasteiger partial charge on any atom is -0.455 e. The van der Waals surface area contributed by atoms with E-state index >= 15 is 0 Å². The Morgan fingerprint density at radius 3 is 2.61 bits per heavy atom. The molecule has 0 unspecified atom stereocenters. The highest BCUT2D eigenvalue weighted by Crippen LogP contribution is 2.43. The molecule has 0 spiro atoms. The predicted molar refractivity (Wildman–Crippen MR) is 126 cm³/mol. The summed E-state index contributed by atoms with van der Waals surface area (Å²) in [5.41, 5.74) is 0.221. The van der Waals surface area contributed by atoms with Crippen molar-refractivity contribution in [3.8, 4) is 0 Å². The first kappa shape index (κ1) is 22.8. The van der Waals surface area contributed by atoms with E-state index in [0.717, 1.165) is 73.3 Å². The van der Waals surface area contributed by atoms with Gasteiger partial charge in [-0.3, -0.25) is 9.59 Å². The van der Waals surface area contributed by atoms with Crippen LogP contribution in [-0.4, -0.2) is 53.7 Å². The van der Waals surface area contributed by atoms with Crippen molar-refractivity contribution >= 4 is 23.1 Å². The highest BCUT2D eigenvalue weighted by molar-refractivity contribution is 7.10. The maximum absolute atomic E-state index is 13.8. The zero-order valence-electron chi connectivity index (χ0n) is 19.6. The average Bonchev–Trinajstić information content (AvgIpc) is 3.41. The van der Waals surface area contributed by atoms with Crippen molar-refractivity contribution in [1.82, 2.24) is 5.16 Å². The summed E-state index contributed by atoms with van der Waals surface area (Å²) in [5.74, 6) is 1.32. The molecule has 3 saturated heterocycles. The Bertz CT molecular complexity index is 966. The third kappa shape index (κ3) is 4.67. The maximum atomic E-state index is 13.8. The largest absolute Gasteiger partial charge is 0.455 e. The molecule has 178 valence electrons. The number of esters is 1. The summed E-state index contributed by atoms with van der Waals surface area (Å²) >= 11 is 1.69. The van der Waals surface area contributed by atoms with Crippen LogP contribution in [0.1, 0.15) is 67.7 Å². The van der Waals surface area contributed by atoms with E-state index in [1.165, 1.54) is 12.8 Å². The molecule has 33 heavy (non-hydrogen) atoms. The second-order valence-electron chi connectivity index (χ2n) is 10.5. The number of quaternary nitrogens is 1. The van der Waals surface area contributed by atoms with Crippen LogP contribution in [0.3, 0.4) is 0 Å². The van der Waals surface area contributed by atoms with Crippen LogP contribution in [0.15, 0.2) is 28.1 Å². The number of aryl methyl sites for hydroxylation is 1. The number of ketones is 1. The first-order valence-corrected chi connectivity index (χ1v) is 13.4. The van der Waals surface area contributed by atoms with Crippen LogP contribution >= 0.6 is 11.3 Å². The van der Waals surface area contributed by atoms with Gasteiger partial charge in [0.05, 0.1) is 25.2 Å². The molecular weight excluding hydrogens is 436 g/mol. The van der Waals surface area contributed by atoms with Gasteiger partial charge in [-0.1, -0.05) is 36.9 Å². The Kier molecular flexibility index (Phi) is 6.45. The number of ether oxygens (including phenoxy) is 1. The number of Topliss-reactive ketones (excluding diaryl/α,β-unsaturated/α-hetero) is 1. The molecule has 1 aliphatic carbocycles. The molecule has 6 rings (SSSR count). The zero-order chi connectivity index (χ0) is 22.9. The van der Waals surface area contributed by atoms with E-state index in [1.54, 1.807) is 11.3 Å². The molecule has 3 aliphatic heterocycles. The summed E-state index contributed by atoms with van der Waals surface area (Å²) in [5, 5.41) is 6.06. The van der Waals surface area contributed by atoms with E-state index in [-0.39, 0.29) is 17.9 Å². The van der Waals surface area contributed by atoms with Gasteiger partial charge in [-0.05, 0) is 31.2 Å². The van der Waals surface area contributed by atoms with Gasteiger partial charge < -0.3 is 13.7 Å². The third-order valence-electron chi connectivity index (χ3n) is 8.21. The van der Waals surface area contributed by atoms with Crippen LogP contribution in [0, 0.1) is 12.8 Å². The summed E-state index contributed by atoms with van der Waals surface area (Å²) in [6.45, 7) is 5.09. The molecule has 2 aromatic heterocycles. The lowest BCUT2D eigenvalue weighted by molar-refractivity contribution is -0.939. The third-order valence-corrected chi connectivity index (χ3v) is 9.28. The van der Waals surface area contributed by atoms with Gasteiger partial charge in [-0.15, -0.1) is 11.3 Å². The minimum atomic E-state index is -0.484. The maximum Gasteiger partial charge on any atom is 0.317 e. The zero-order valence-corrected chi connectivity index (χ0v) is 20.4. The highest BCUT2D eigenvalue weighted by Gasteiger charge is 2.51. The van der Waals surface area contributed by atoms with Crippen molar-refractivity contribution in [3.63, 3.8) is 0 Å². The van der Waals surface area contributed by atoms with Crippen molar-refractivity contribution in [3.05, 3.63) is 39.9 Å². The van der Waals surface area contributed by atoms with Crippen molar-refractivity contribution < 1.29 is 23.3 Å². The normalized spacial score (nSPS) is 28.9. The quantitative estimate of drug-likeness (QED) is 0.335. The van der Waals surface area contributed by atoms with E-state index in [4.69, 9.17) is 9.26 Å². The lowest BCUT2D eigenvalue weighted by Gasteiger charge is -2.52. The highest BCUT2D eigenvalue weighted by atomic mass is 32.1. The molecule has 0 N–H and O–H groups in total. The molecule has 0 radical (unpaired) electrons.